The van der Waals surface area contributed by atoms with Crippen LogP contribution in [0.5, 0.6) is 11.5 Å². The Morgan fingerprint density at radius 1 is 1.14 bits per heavy atom. The first-order chi connectivity index (χ1) is 14.0. The van der Waals surface area contributed by atoms with Gasteiger partial charge in [-0.2, -0.15) is 0 Å². The van der Waals surface area contributed by atoms with Crippen molar-refractivity contribution in [3.05, 3.63) is 64.9 Å². The van der Waals surface area contributed by atoms with Gasteiger partial charge < -0.3 is 19.2 Å². The lowest BCUT2D eigenvalue weighted by Gasteiger charge is -2.11. The molecule has 0 aliphatic heterocycles. The SMILES string of the molecule is CCNC(=O)COc1ccc(/C=C/C(=O)c2cc3cc(Cl)ccc3o2)cc1OC. The van der Waals surface area contributed by atoms with E-state index >= 15 is 0 Å². The second-order valence-electron chi connectivity index (χ2n) is 6.14. The monoisotopic (exact) mass is 413 g/mol. The molecule has 6 nitrogen and oxygen atoms in total. The van der Waals surface area contributed by atoms with Crippen LogP contribution in [0.1, 0.15) is 23.0 Å². The zero-order valence-electron chi connectivity index (χ0n) is 16.0. The number of fused-ring (bicyclic) bond motifs is 1. The molecule has 1 heterocycles. The van der Waals surface area contributed by atoms with E-state index in [0.29, 0.717) is 28.6 Å². The average molecular weight is 414 g/mol. The fourth-order valence-corrected chi connectivity index (χ4v) is 2.87. The predicted octanol–water partition coefficient (Wildman–Crippen LogP) is 4.51. The lowest BCUT2D eigenvalue weighted by molar-refractivity contribution is -0.123. The second kappa shape index (κ2) is 9.30. The number of furan rings is 1. The maximum absolute atomic E-state index is 12.4. The van der Waals surface area contributed by atoms with Crippen LogP contribution < -0.4 is 14.8 Å². The van der Waals surface area contributed by atoms with Gasteiger partial charge in [0.1, 0.15) is 5.58 Å². The Morgan fingerprint density at radius 2 is 1.97 bits per heavy atom. The molecule has 0 saturated heterocycles. The molecule has 0 radical (unpaired) electrons. The molecule has 0 aliphatic carbocycles. The molecule has 0 unspecified atom stereocenters. The Labute approximate surface area is 173 Å². The number of amides is 1. The van der Waals surface area contributed by atoms with Crippen molar-refractivity contribution in [1.82, 2.24) is 5.32 Å². The third kappa shape index (κ3) is 5.18. The topological polar surface area (TPSA) is 77.8 Å². The van der Waals surface area contributed by atoms with Crippen LogP contribution in [0.2, 0.25) is 5.02 Å². The van der Waals surface area contributed by atoms with Gasteiger partial charge in [-0.15, -0.1) is 0 Å². The van der Waals surface area contributed by atoms with Gasteiger partial charge in [0, 0.05) is 17.0 Å². The molecule has 0 saturated carbocycles. The van der Waals surface area contributed by atoms with Crippen LogP contribution in [0, 0.1) is 0 Å². The molecular formula is C22H20ClNO5. The molecule has 0 aliphatic rings. The predicted molar refractivity (Wildman–Crippen MR) is 112 cm³/mol. The Balaban J connectivity index is 1.71. The number of halogens is 1. The highest BCUT2D eigenvalue weighted by Gasteiger charge is 2.11. The van der Waals surface area contributed by atoms with Crippen molar-refractivity contribution >= 4 is 40.3 Å². The molecule has 1 aromatic heterocycles. The van der Waals surface area contributed by atoms with Crippen molar-refractivity contribution in [1.29, 1.82) is 0 Å². The minimum atomic E-state index is -0.271. The minimum absolute atomic E-state index is 0.103. The highest BCUT2D eigenvalue weighted by atomic mass is 35.5. The van der Waals surface area contributed by atoms with Gasteiger partial charge in [0.2, 0.25) is 5.78 Å². The summed E-state index contributed by atoms with van der Waals surface area (Å²) in [4.78, 5) is 24.0. The Hall–Kier alpha value is -3.25. The summed E-state index contributed by atoms with van der Waals surface area (Å²) in [6, 6.07) is 12.0. The maximum Gasteiger partial charge on any atom is 0.257 e. The van der Waals surface area contributed by atoms with E-state index in [4.69, 9.17) is 25.5 Å². The number of benzene rings is 2. The quantitative estimate of drug-likeness (QED) is 0.434. The summed E-state index contributed by atoms with van der Waals surface area (Å²) in [7, 11) is 1.51. The van der Waals surface area contributed by atoms with Gasteiger partial charge in [-0.25, -0.2) is 0 Å². The van der Waals surface area contributed by atoms with Gasteiger partial charge in [-0.05, 0) is 55.0 Å². The van der Waals surface area contributed by atoms with Gasteiger partial charge in [-0.1, -0.05) is 23.7 Å². The molecule has 150 valence electrons. The number of rotatable bonds is 8. The highest BCUT2D eigenvalue weighted by Crippen LogP contribution is 2.29. The summed E-state index contributed by atoms with van der Waals surface area (Å²) in [5.41, 5.74) is 1.33. The van der Waals surface area contributed by atoms with Crippen molar-refractivity contribution in [3.63, 3.8) is 0 Å². The largest absolute Gasteiger partial charge is 0.493 e. The molecule has 0 spiro atoms. The van der Waals surface area contributed by atoms with Crippen LogP contribution in [0.3, 0.4) is 0 Å². The normalized spacial score (nSPS) is 11.0. The second-order valence-corrected chi connectivity index (χ2v) is 6.58. The summed E-state index contributed by atoms with van der Waals surface area (Å²) in [6.45, 7) is 2.27. The lowest BCUT2D eigenvalue weighted by atomic mass is 10.1. The first-order valence-corrected chi connectivity index (χ1v) is 9.37. The molecule has 7 heteroatoms. The van der Waals surface area contributed by atoms with E-state index in [9.17, 15) is 9.59 Å². The van der Waals surface area contributed by atoms with Crippen molar-refractivity contribution in [2.45, 2.75) is 6.92 Å². The zero-order valence-corrected chi connectivity index (χ0v) is 16.8. The van der Waals surface area contributed by atoms with Gasteiger partial charge >= 0.3 is 0 Å². The smallest absolute Gasteiger partial charge is 0.257 e. The number of nitrogens with one attached hydrogen (secondary N) is 1. The summed E-state index contributed by atoms with van der Waals surface area (Å²) in [5.74, 6) is 0.648. The van der Waals surface area contributed by atoms with E-state index < -0.39 is 0 Å². The molecule has 0 fully saturated rings. The first-order valence-electron chi connectivity index (χ1n) is 8.99. The fourth-order valence-electron chi connectivity index (χ4n) is 2.69. The fraction of sp³-hybridized carbons (Fsp3) is 0.182. The molecule has 0 atom stereocenters. The standard InChI is InChI=1S/C22H20ClNO5/c1-3-24-22(26)13-28-19-8-5-14(10-21(19)27-2)4-7-17(25)20-12-15-11-16(23)6-9-18(15)29-20/h4-12H,3,13H2,1-2H3,(H,24,26)/b7-4+. The average Bonchev–Trinajstić information content (AvgIpc) is 3.14. The Morgan fingerprint density at radius 3 is 2.72 bits per heavy atom. The maximum atomic E-state index is 12.4. The van der Waals surface area contributed by atoms with Gasteiger partial charge in [0.05, 0.1) is 7.11 Å². The third-order valence-corrected chi connectivity index (χ3v) is 4.30. The van der Waals surface area contributed by atoms with Crippen molar-refractivity contribution < 1.29 is 23.5 Å². The van der Waals surface area contributed by atoms with E-state index in [1.807, 2.05) is 6.92 Å². The van der Waals surface area contributed by atoms with E-state index in [2.05, 4.69) is 5.32 Å². The molecule has 1 N–H and O–H groups in total. The number of hydrogen-bond acceptors (Lipinski definition) is 5. The third-order valence-electron chi connectivity index (χ3n) is 4.07. The molecular weight excluding hydrogens is 394 g/mol. The van der Waals surface area contributed by atoms with Crippen LogP contribution in [0.15, 0.2) is 53.0 Å². The van der Waals surface area contributed by atoms with E-state index in [1.54, 1.807) is 48.5 Å². The first kappa shape index (κ1) is 20.5. The van der Waals surface area contributed by atoms with Crippen molar-refractivity contribution in [3.8, 4) is 11.5 Å². The molecule has 1 amide bonds. The highest BCUT2D eigenvalue weighted by molar-refractivity contribution is 6.31. The molecule has 3 rings (SSSR count). The van der Waals surface area contributed by atoms with Gasteiger partial charge in [0.15, 0.2) is 23.9 Å². The Kier molecular flexibility index (Phi) is 6.57. The molecule has 3 aromatic rings. The summed E-state index contributed by atoms with van der Waals surface area (Å²) < 4.78 is 16.4. The van der Waals surface area contributed by atoms with Gasteiger partial charge in [0.25, 0.3) is 5.91 Å². The number of ketones is 1. The number of carbonyl (C=O) groups is 2. The molecule has 29 heavy (non-hydrogen) atoms. The van der Waals surface area contributed by atoms with E-state index in [-0.39, 0.29) is 24.1 Å². The number of carbonyl (C=O) groups excluding carboxylic acids is 2. The van der Waals surface area contributed by atoms with Crippen LogP contribution in [0.25, 0.3) is 17.0 Å². The zero-order chi connectivity index (χ0) is 20.8. The summed E-state index contributed by atoms with van der Waals surface area (Å²) in [5, 5.41) is 4.00. The van der Waals surface area contributed by atoms with Crippen LogP contribution in [0.4, 0.5) is 0 Å². The lowest BCUT2D eigenvalue weighted by Crippen LogP contribution is -2.28. The summed E-state index contributed by atoms with van der Waals surface area (Å²) in [6.07, 6.45) is 3.07. The van der Waals surface area contributed by atoms with Crippen LogP contribution in [-0.4, -0.2) is 32.0 Å². The van der Waals surface area contributed by atoms with Crippen molar-refractivity contribution in [2.24, 2.45) is 0 Å². The Bertz CT molecular complexity index is 1070. The van der Waals surface area contributed by atoms with Crippen molar-refractivity contribution in [2.75, 3.05) is 20.3 Å². The number of ether oxygens (including phenoxy) is 2. The number of hydrogen-bond donors (Lipinski definition) is 1. The summed E-state index contributed by atoms with van der Waals surface area (Å²) >= 11 is 5.96. The van der Waals surface area contributed by atoms with Gasteiger partial charge in [-0.3, -0.25) is 9.59 Å². The molecule has 0 bridgehead atoms. The number of likely N-dealkylation sites (N-methyl/N-ethyl adjacent to an activating group) is 1. The van der Waals surface area contributed by atoms with Crippen LogP contribution >= 0.6 is 11.6 Å². The number of methoxy groups -OCH3 is 1. The van der Waals surface area contributed by atoms with Crippen LogP contribution in [-0.2, 0) is 4.79 Å². The number of allylic oxidation sites excluding steroid dienone is 1. The minimum Gasteiger partial charge on any atom is -0.493 e. The van der Waals surface area contributed by atoms with E-state index in [1.165, 1.54) is 13.2 Å². The van der Waals surface area contributed by atoms with E-state index in [0.717, 1.165) is 10.9 Å². The molecule has 2 aromatic carbocycles.